The zero-order chi connectivity index (χ0) is 14.0. The van der Waals surface area contributed by atoms with Gasteiger partial charge in [0.05, 0.1) is 10.6 Å². The van der Waals surface area contributed by atoms with Crippen molar-refractivity contribution >= 4 is 15.7 Å². The van der Waals surface area contributed by atoms with Crippen molar-refractivity contribution in [1.82, 2.24) is 4.31 Å². The predicted molar refractivity (Wildman–Crippen MR) is 72.8 cm³/mol. The van der Waals surface area contributed by atoms with Gasteiger partial charge in [0.25, 0.3) is 0 Å². The summed E-state index contributed by atoms with van der Waals surface area (Å²) >= 11 is 0. The van der Waals surface area contributed by atoms with E-state index in [4.69, 9.17) is 5.21 Å². The lowest BCUT2D eigenvalue weighted by atomic mass is 9.95. The zero-order valence-electron chi connectivity index (χ0n) is 11.0. The van der Waals surface area contributed by atoms with E-state index < -0.39 is 10.0 Å². The monoisotopic (exact) mass is 282 g/mol. The molecule has 1 heterocycles. The third-order valence-electron chi connectivity index (χ3n) is 3.50. The highest BCUT2D eigenvalue weighted by atomic mass is 32.2. The van der Waals surface area contributed by atoms with Crippen LogP contribution >= 0.6 is 0 Å². The van der Waals surface area contributed by atoms with Crippen LogP contribution in [0.4, 0.5) is 0 Å². The average Bonchev–Trinajstić information content (AvgIpc) is 2.41. The Balaban J connectivity index is 2.32. The van der Waals surface area contributed by atoms with E-state index in [0.717, 1.165) is 0 Å². The van der Waals surface area contributed by atoms with E-state index in [1.54, 1.807) is 30.3 Å². The molecular formula is C13H18N2O3S. The summed E-state index contributed by atoms with van der Waals surface area (Å²) in [6.45, 7) is 4.05. The average molecular weight is 282 g/mol. The van der Waals surface area contributed by atoms with Gasteiger partial charge in [0, 0.05) is 24.9 Å². The number of rotatable bonds is 2. The minimum Gasteiger partial charge on any atom is -0.411 e. The first-order valence-electron chi connectivity index (χ1n) is 6.24. The Morgan fingerprint density at radius 2 is 1.89 bits per heavy atom. The van der Waals surface area contributed by atoms with Crippen LogP contribution in [0, 0.1) is 5.92 Å². The van der Waals surface area contributed by atoms with Gasteiger partial charge in [-0.3, -0.25) is 0 Å². The van der Waals surface area contributed by atoms with Crippen molar-refractivity contribution in [3.05, 3.63) is 30.3 Å². The summed E-state index contributed by atoms with van der Waals surface area (Å²) in [4.78, 5) is 0.304. The summed E-state index contributed by atoms with van der Waals surface area (Å²) in [5.41, 5.74) is 0.659. The zero-order valence-corrected chi connectivity index (χ0v) is 11.8. The third kappa shape index (κ3) is 2.64. The predicted octanol–water partition coefficient (Wildman–Crippen LogP) is 1.94. The van der Waals surface area contributed by atoms with Crippen LogP contribution in [0.25, 0.3) is 0 Å². The molecule has 0 spiro atoms. The van der Waals surface area contributed by atoms with Crippen LogP contribution in [0.2, 0.25) is 0 Å². The smallest absolute Gasteiger partial charge is 0.243 e. The molecule has 2 atom stereocenters. The maximum atomic E-state index is 12.6. The molecule has 0 bridgehead atoms. The molecule has 19 heavy (non-hydrogen) atoms. The van der Waals surface area contributed by atoms with Gasteiger partial charge in [0.2, 0.25) is 10.0 Å². The van der Waals surface area contributed by atoms with Gasteiger partial charge in [-0.15, -0.1) is 0 Å². The molecule has 1 fully saturated rings. The number of oxime groups is 1. The van der Waals surface area contributed by atoms with Gasteiger partial charge in [-0.05, 0) is 19.1 Å². The van der Waals surface area contributed by atoms with Crippen LogP contribution in [0.3, 0.4) is 0 Å². The van der Waals surface area contributed by atoms with Gasteiger partial charge in [-0.1, -0.05) is 30.3 Å². The Morgan fingerprint density at radius 3 is 2.47 bits per heavy atom. The largest absolute Gasteiger partial charge is 0.411 e. The van der Waals surface area contributed by atoms with Gasteiger partial charge in [-0.25, -0.2) is 8.42 Å². The number of benzene rings is 1. The normalized spacial score (nSPS) is 27.6. The van der Waals surface area contributed by atoms with Crippen molar-refractivity contribution in [2.24, 2.45) is 11.1 Å². The van der Waals surface area contributed by atoms with Crippen LogP contribution in [0.15, 0.2) is 40.4 Å². The first kappa shape index (κ1) is 14.0. The maximum Gasteiger partial charge on any atom is 0.243 e. The first-order valence-corrected chi connectivity index (χ1v) is 7.68. The molecule has 1 aromatic carbocycles. The standard InChI is InChI=1S/C13H18N2O3S/c1-10-9-15(11(2)8-13(10)14-16)19(17,18)12-6-4-3-5-7-12/h3-7,10-11,16H,8-9H2,1-2H3/b14-13+. The number of hydrogen-bond acceptors (Lipinski definition) is 4. The van der Waals surface area contributed by atoms with Gasteiger partial charge in [0.15, 0.2) is 0 Å². The molecule has 1 N–H and O–H groups in total. The van der Waals surface area contributed by atoms with Gasteiger partial charge >= 0.3 is 0 Å². The topological polar surface area (TPSA) is 70.0 Å². The molecule has 0 radical (unpaired) electrons. The Morgan fingerprint density at radius 1 is 1.26 bits per heavy atom. The fraction of sp³-hybridized carbons (Fsp3) is 0.462. The molecule has 1 aliphatic heterocycles. The van der Waals surface area contributed by atoms with Crippen molar-refractivity contribution < 1.29 is 13.6 Å². The SMILES string of the molecule is CC1CN(S(=O)(=O)c2ccccc2)C(C)C/C1=N\O. The molecule has 0 amide bonds. The molecule has 0 aromatic heterocycles. The lowest BCUT2D eigenvalue weighted by Gasteiger charge is -2.36. The van der Waals surface area contributed by atoms with Gasteiger partial charge < -0.3 is 5.21 Å². The van der Waals surface area contributed by atoms with E-state index in [-0.39, 0.29) is 12.0 Å². The van der Waals surface area contributed by atoms with Gasteiger partial charge in [-0.2, -0.15) is 4.31 Å². The highest BCUT2D eigenvalue weighted by Crippen LogP contribution is 2.26. The maximum absolute atomic E-state index is 12.6. The highest BCUT2D eigenvalue weighted by Gasteiger charge is 2.36. The second kappa shape index (κ2) is 5.30. The first-order chi connectivity index (χ1) is 8.96. The van der Waals surface area contributed by atoms with Crippen molar-refractivity contribution in [2.45, 2.75) is 31.2 Å². The Bertz CT molecular complexity index is 569. The quantitative estimate of drug-likeness (QED) is 0.665. The fourth-order valence-electron chi connectivity index (χ4n) is 2.36. The molecule has 5 nitrogen and oxygen atoms in total. The number of hydrogen-bond donors (Lipinski definition) is 1. The molecule has 2 rings (SSSR count). The molecule has 1 aromatic rings. The summed E-state index contributed by atoms with van der Waals surface area (Å²) in [6, 6.07) is 8.21. The minimum atomic E-state index is -3.48. The van der Waals surface area contributed by atoms with E-state index in [1.165, 1.54) is 4.31 Å². The summed E-state index contributed by atoms with van der Waals surface area (Å²) < 4.78 is 26.6. The fourth-order valence-corrected chi connectivity index (χ4v) is 4.10. The van der Waals surface area contributed by atoms with E-state index in [2.05, 4.69) is 5.16 Å². The molecular weight excluding hydrogens is 264 g/mol. The molecule has 2 unspecified atom stereocenters. The number of nitrogens with zero attached hydrogens (tertiary/aromatic N) is 2. The van der Waals surface area contributed by atoms with Crippen LogP contribution in [-0.4, -0.2) is 36.2 Å². The Labute approximate surface area is 113 Å². The highest BCUT2D eigenvalue weighted by molar-refractivity contribution is 7.89. The summed E-state index contributed by atoms with van der Waals surface area (Å²) in [6.07, 6.45) is 0.462. The van der Waals surface area contributed by atoms with Crippen molar-refractivity contribution in [2.75, 3.05) is 6.54 Å². The second-order valence-electron chi connectivity index (χ2n) is 4.93. The molecule has 6 heteroatoms. The van der Waals surface area contributed by atoms with E-state index in [0.29, 0.717) is 23.6 Å². The van der Waals surface area contributed by atoms with Gasteiger partial charge in [0.1, 0.15) is 0 Å². The Kier molecular flexibility index (Phi) is 3.91. The van der Waals surface area contributed by atoms with E-state index in [9.17, 15) is 8.42 Å². The molecule has 1 aliphatic rings. The van der Waals surface area contributed by atoms with Crippen LogP contribution in [0.1, 0.15) is 20.3 Å². The minimum absolute atomic E-state index is 0.0697. The summed E-state index contributed by atoms with van der Waals surface area (Å²) in [5, 5.41) is 12.2. The van der Waals surface area contributed by atoms with E-state index in [1.807, 2.05) is 13.8 Å². The molecule has 104 valence electrons. The van der Waals surface area contributed by atoms with Crippen LogP contribution in [-0.2, 0) is 10.0 Å². The summed E-state index contributed by atoms with van der Waals surface area (Å²) in [5.74, 6) is -0.0697. The number of piperidine rings is 1. The summed E-state index contributed by atoms with van der Waals surface area (Å²) in [7, 11) is -3.48. The molecule has 0 saturated carbocycles. The molecule has 0 aliphatic carbocycles. The lowest BCUT2D eigenvalue weighted by molar-refractivity contribution is 0.273. The molecule has 1 saturated heterocycles. The lowest BCUT2D eigenvalue weighted by Crippen LogP contribution is -2.48. The van der Waals surface area contributed by atoms with Crippen LogP contribution < -0.4 is 0 Å². The van der Waals surface area contributed by atoms with Crippen molar-refractivity contribution in [3.8, 4) is 0 Å². The van der Waals surface area contributed by atoms with Crippen molar-refractivity contribution in [3.63, 3.8) is 0 Å². The van der Waals surface area contributed by atoms with E-state index >= 15 is 0 Å². The third-order valence-corrected chi connectivity index (χ3v) is 5.49. The Hall–Kier alpha value is -1.40. The second-order valence-corrected chi connectivity index (χ2v) is 6.82. The van der Waals surface area contributed by atoms with Crippen LogP contribution in [0.5, 0.6) is 0 Å². The number of sulfonamides is 1. The van der Waals surface area contributed by atoms with Crippen molar-refractivity contribution in [1.29, 1.82) is 0 Å².